The number of rotatable bonds is 4. The Kier molecular flexibility index (Phi) is 5.08. The number of halogens is 2. The van der Waals surface area contributed by atoms with E-state index in [0.29, 0.717) is 17.3 Å². The molecule has 2 rings (SSSR count). The Labute approximate surface area is 133 Å². The van der Waals surface area contributed by atoms with Crippen molar-refractivity contribution in [1.82, 2.24) is 0 Å². The zero-order valence-electron chi connectivity index (χ0n) is 11.5. The average molecular weight is 355 g/mol. The van der Waals surface area contributed by atoms with Gasteiger partial charge in [-0.25, -0.2) is 0 Å². The Morgan fingerprint density at radius 2 is 1.85 bits per heavy atom. The summed E-state index contributed by atoms with van der Waals surface area (Å²) in [5, 5.41) is 0.606. The highest BCUT2D eigenvalue weighted by atomic mass is 79.9. The van der Waals surface area contributed by atoms with Crippen molar-refractivity contribution in [3.05, 3.63) is 56.5 Å². The monoisotopic (exact) mass is 353 g/mol. The lowest BCUT2D eigenvalue weighted by atomic mass is 10.1. The van der Waals surface area contributed by atoms with Gasteiger partial charge in [-0.3, -0.25) is 0 Å². The molecule has 2 aromatic carbocycles. The molecular weight excluding hydrogens is 338 g/mol. The van der Waals surface area contributed by atoms with Gasteiger partial charge in [0.05, 0.1) is 5.02 Å². The van der Waals surface area contributed by atoms with Gasteiger partial charge in [-0.2, -0.15) is 0 Å². The Morgan fingerprint density at radius 3 is 2.45 bits per heavy atom. The van der Waals surface area contributed by atoms with E-state index in [4.69, 9.17) is 22.1 Å². The van der Waals surface area contributed by atoms with E-state index >= 15 is 0 Å². The fraction of sp³-hybridized carbons (Fsp3) is 0.250. The second-order valence-corrected chi connectivity index (χ2v) is 5.94. The van der Waals surface area contributed by atoms with Gasteiger partial charge in [-0.15, -0.1) is 0 Å². The van der Waals surface area contributed by atoms with Gasteiger partial charge in [0.1, 0.15) is 11.5 Å². The summed E-state index contributed by atoms with van der Waals surface area (Å²) in [6.07, 6.45) is 0.740. The summed E-state index contributed by atoms with van der Waals surface area (Å²) in [4.78, 5) is 0. The van der Waals surface area contributed by atoms with Gasteiger partial charge in [0.2, 0.25) is 0 Å². The molecule has 0 bridgehead atoms. The first-order valence-corrected chi connectivity index (χ1v) is 7.62. The highest BCUT2D eigenvalue weighted by molar-refractivity contribution is 9.10. The van der Waals surface area contributed by atoms with Crippen molar-refractivity contribution >= 4 is 27.5 Å². The molecule has 0 fully saturated rings. The molecule has 20 heavy (non-hydrogen) atoms. The molecule has 4 heteroatoms. The number of aryl methyl sites for hydroxylation is 2. The largest absolute Gasteiger partial charge is 0.455 e. The van der Waals surface area contributed by atoms with E-state index < -0.39 is 0 Å². The number of benzene rings is 2. The molecule has 0 aliphatic carbocycles. The molecule has 0 spiro atoms. The molecule has 106 valence electrons. The van der Waals surface area contributed by atoms with Gasteiger partial charge in [0.25, 0.3) is 0 Å². The fourth-order valence-corrected chi connectivity index (χ4v) is 2.56. The quantitative estimate of drug-likeness (QED) is 0.837. The van der Waals surface area contributed by atoms with Crippen LogP contribution < -0.4 is 10.5 Å². The topological polar surface area (TPSA) is 35.2 Å². The molecule has 0 radical (unpaired) electrons. The van der Waals surface area contributed by atoms with Crippen molar-refractivity contribution < 1.29 is 4.74 Å². The fourth-order valence-electron chi connectivity index (χ4n) is 2.10. The molecule has 0 amide bonds. The summed E-state index contributed by atoms with van der Waals surface area (Å²) in [6, 6.07) is 9.72. The summed E-state index contributed by atoms with van der Waals surface area (Å²) in [7, 11) is 0. The van der Waals surface area contributed by atoms with Crippen molar-refractivity contribution in [3.8, 4) is 11.5 Å². The van der Waals surface area contributed by atoms with Crippen molar-refractivity contribution in [1.29, 1.82) is 0 Å². The number of hydrogen-bond acceptors (Lipinski definition) is 2. The number of hydrogen-bond donors (Lipinski definition) is 1. The Bertz CT molecular complexity index is 605. The lowest BCUT2D eigenvalue weighted by molar-refractivity contribution is 0.475. The standard InChI is InChI=1S/C16H17BrClNO/c1-10-8-13(9-11(2)15(10)17)20-16-12(6-7-19)4-3-5-14(16)18/h3-5,8-9H,6-7,19H2,1-2H3. The van der Waals surface area contributed by atoms with Gasteiger partial charge in [-0.1, -0.05) is 39.7 Å². The van der Waals surface area contributed by atoms with Crippen LogP contribution in [0.5, 0.6) is 11.5 Å². The first-order chi connectivity index (χ1) is 9.52. The van der Waals surface area contributed by atoms with Crippen LogP contribution in [0, 0.1) is 13.8 Å². The van der Waals surface area contributed by atoms with Gasteiger partial charge >= 0.3 is 0 Å². The third kappa shape index (κ3) is 3.35. The maximum atomic E-state index is 6.25. The maximum Gasteiger partial charge on any atom is 0.149 e. The number of ether oxygens (including phenoxy) is 1. The number of para-hydroxylation sites is 1. The molecule has 2 N–H and O–H groups in total. The SMILES string of the molecule is Cc1cc(Oc2c(Cl)cccc2CCN)cc(C)c1Br. The van der Waals surface area contributed by atoms with Gasteiger partial charge in [0.15, 0.2) is 0 Å². The van der Waals surface area contributed by atoms with E-state index in [1.165, 1.54) is 0 Å². The molecule has 2 aromatic rings. The molecule has 0 heterocycles. The second-order valence-electron chi connectivity index (χ2n) is 4.74. The van der Waals surface area contributed by atoms with Crippen LogP contribution in [0.15, 0.2) is 34.8 Å². The third-order valence-corrected chi connectivity index (χ3v) is 4.64. The van der Waals surface area contributed by atoms with Crippen LogP contribution in [0.1, 0.15) is 16.7 Å². The van der Waals surface area contributed by atoms with Crippen LogP contribution in [0.25, 0.3) is 0 Å². The van der Waals surface area contributed by atoms with Crippen LogP contribution in [0.4, 0.5) is 0 Å². The van der Waals surface area contributed by atoms with Crippen LogP contribution >= 0.6 is 27.5 Å². The molecular formula is C16H17BrClNO. The minimum atomic E-state index is 0.565. The molecule has 0 aromatic heterocycles. The molecule has 0 aliphatic rings. The predicted molar refractivity (Wildman–Crippen MR) is 87.9 cm³/mol. The summed E-state index contributed by atoms with van der Waals surface area (Å²) >= 11 is 9.81. The van der Waals surface area contributed by atoms with Gasteiger partial charge in [0, 0.05) is 4.47 Å². The summed E-state index contributed by atoms with van der Waals surface area (Å²) in [5.41, 5.74) is 8.93. The van der Waals surface area contributed by atoms with Gasteiger partial charge in [-0.05, 0) is 61.7 Å². The van der Waals surface area contributed by atoms with Crippen LogP contribution in [0.2, 0.25) is 5.02 Å². The minimum absolute atomic E-state index is 0.565. The molecule has 0 unspecified atom stereocenters. The van der Waals surface area contributed by atoms with E-state index in [-0.39, 0.29) is 0 Å². The normalized spacial score (nSPS) is 10.7. The minimum Gasteiger partial charge on any atom is -0.455 e. The lowest BCUT2D eigenvalue weighted by Crippen LogP contribution is -2.04. The number of nitrogens with two attached hydrogens (primary N) is 1. The second kappa shape index (κ2) is 6.61. The third-order valence-electron chi connectivity index (χ3n) is 3.09. The van der Waals surface area contributed by atoms with Gasteiger partial charge < -0.3 is 10.5 Å². The van der Waals surface area contributed by atoms with E-state index in [2.05, 4.69) is 15.9 Å². The highest BCUT2D eigenvalue weighted by Crippen LogP contribution is 2.35. The summed E-state index contributed by atoms with van der Waals surface area (Å²) < 4.78 is 7.10. The zero-order valence-corrected chi connectivity index (χ0v) is 13.9. The molecule has 0 aliphatic heterocycles. The van der Waals surface area contributed by atoms with E-state index in [9.17, 15) is 0 Å². The molecule has 0 saturated heterocycles. The van der Waals surface area contributed by atoms with Crippen molar-refractivity contribution in [3.63, 3.8) is 0 Å². The highest BCUT2D eigenvalue weighted by Gasteiger charge is 2.11. The van der Waals surface area contributed by atoms with Crippen LogP contribution in [-0.4, -0.2) is 6.54 Å². The lowest BCUT2D eigenvalue weighted by Gasteiger charge is -2.14. The maximum absolute atomic E-state index is 6.25. The predicted octanol–water partition coefficient (Wildman–Crippen LogP) is 5.01. The summed E-state index contributed by atoms with van der Waals surface area (Å²) in [5.74, 6) is 1.48. The van der Waals surface area contributed by atoms with Crippen molar-refractivity contribution in [2.45, 2.75) is 20.3 Å². The Hall–Kier alpha value is -1.03. The van der Waals surface area contributed by atoms with E-state index in [0.717, 1.165) is 33.3 Å². The Morgan fingerprint density at radius 1 is 1.20 bits per heavy atom. The van der Waals surface area contributed by atoms with E-state index in [1.54, 1.807) is 0 Å². The van der Waals surface area contributed by atoms with E-state index in [1.807, 2.05) is 44.2 Å². The Balaban J connectivity index is 2.39. The van der Waals surface area contributed by atoms with Crippen LogP contribution in [0.3, 0.4) is 0 Å². The smallest absolute Gasteiger partial charge is 0.149 e. The molecule has 0 atom stereocenters. The van der Waals surface area contributed by atoms with Crippen molar-refractivity contribution in [2.24, 2.45) is 5.73 Å². The van der Waals surface area contributed by atoms with Crippen LogP contribution in [-0.2, 0) is 6.42 Å². The first kappa shape index (κ1) is 15.4. The zero-order chi connectivity index (χ0) is 14.7. The molecule has 2 nitrogen and oxygen atoms in total. The first-order valence-electron chi connectivity index (χ1n) is 6.45. The van der Waals surface area contributed by atoms with Crippen molar-refractivity contribution in [2.75, 3.05) is 6.54 Å². The summed E-state index contributed by atoms with van der Waals surface area (Å²) in [6.45, 7) is 4.64. The molecule has 0 saturated carbocycles. The average Bonchev–Trinajstić information content (AvgIpc) is 2.40.